The van der Waals surface area contributed by atoms with E-state index in [1.807, 2.05) is 0 Å². The monoisotopic (exact) mass is 513 g/mol. The van der Waals surface area contributed by atoms with Crippen LogP contribution in [0.1, 0.15) is 6.92 Å². The standard InChI is InChI=1S/C18H31N3O14/c1-4-7(20-21-19)8(24)12(28)17(31-4)34-15-6(3-23)33-18(13(29)10(15)26)35-14-5(2-22)32-16(30)11(27)9(14)25/h4-18,22-30H,2-3H2,1H3/t4?,5?,6?,7?,8?,9-,10?,11?,12?,13?,14?,15?,16?,17?,18?/m1/s1. The molecule has 3 fully saturated rings. The van der Waals surface area contributed by atoms with Crippen LogP contribution in [0.5, 0.6) is 0 Å². The molecule has 0 aromatic rings. The van der Waals surface area contributed by atoms with Gasteiger partial charge in [0.1, 0.15) is 54.9 Å². The highest BCUT2D eigenvalue weighted by atomic mass is 16.7. The lowest BCUT2D eigenvalue weighted by atomic mass is 9.95. The van der Waals surface area contributed by atoms with Crippen LogP contribution in [0.4, 0.5) is 0 Å². The largest absolute Gasteiger partial charge is 0.394 e. The van der Waals surface area contributed by atoms with E-state index in [2.05, 4.69) is 10.0 Å². The van der Waals surface area contributed by atoms with Crippen molar-refractivity contribution in [3.05, 3.63) is 10.4 Å². The number of rotatable bonds is 7. The zero-order valence-electron chi connectivity index (χ0n) is 18.5. The minimum atomic E-state index is -1.88. The Labute approximate surface area is 198 Å². The van der Waals surface area contributed by atoms with Crippen LogP contribution < -0.4 is 0 Å². The Balaban J connectivity index is 1.71. The van der Waals surface area contributed by atoms with E-state index in [0.29, 0.717) is 0 Å². The van der Waals surface area contributed by atoms with Crippen molar-refractivity contribution in [1.82, 2.24) is 0 Å². The minimum absolute atomic E-state index is 0.750. The average molecular weight is 513 g/mol. The van der Waals surface area contributed by atoms with E-state index >= 15 is 0 Å². The maximum absolute atomic E-state index is 10.7. The van der Waals surface area contributed by atoms with Crippen molar-refractivity contribution in [2.24, 2.45) is 5.11 Å². The zero-order valence-corrected chi connectivity index (χ0v) is 18.5. The van der Waals surface area contributed by atoms with Crippen LogP contribution >= 0.6 is 0 Å². The second kappa shape index (κ2) is 11.9. The van der Waals surface area contributed by atoms with Gasteiger partial charge in [0, 0.05) is 4.91 Å². The number of aliphatic hydroxyl groups excluding tert-OH is 9. The van der Waals surface area contributed by atoms with Crippen molar-refractivity contribution >= 4 is 0 Å². The predicted molar refractivity (Wildman–Crippen MR) is 107 cm³/mol. The third-order valence-electron chi connectivity index (χ3n) is 6.24. The van der Waals surface area contributed by atoms with Crippen molar-refractivity contribution < 1.29 is 69.6 Å². The lowest BCUT2D eigenvalue weighted by molar-refractivity contribution is -0.373. The molecule has 0 bridgehead atoms. The first kappa shape index (κ1) is 28.3. The fraction of sp³-hybridized carbons (Fsp3) is 1.00. The lowest BCUT2D eigenvalue weighted by Crippen LogP contribution is -2.66. The van der Waals surface area contributed by atoms with Crippen LogP contribution in [-0.2, 0) is 23.7 Å². The molecule has 3 rings (SSSR count). The molecule has 17 heteroatoms. The molecule has 3 aliphatic rings. The Morgan fingerprint density at radius 3 is 1.74 bits per heavy atom. The highest BCUT2D eigenvalue weighted by molar-refractivity contribution is 4.97. The second-order valence-corrected chi connectivity index (χ2v) is 8.52. The lowest BCUT2D eigenvalue weighted by Gasteiger charge is -2.47. The number of aliphatic hydroxyl groups is 9. The van der Waals surface area contributed by atoms with E-state index in [1.165, 1.54) is 6.92 Å². The summed E-state index contributed by atoms with van der Waals surface area (Å²) in [5.41, 5.74) is 8.61. The van der Waals surface area contributed by atoms with Gasteiger partial charge in [0.05, 0.1) is 31.5 Å². The molecule has 0 aliphatic carbocycles. The number of ether oxygens (including phenoxy) is 5. The van der Waals surface area contributed by atoms with Gasteiger partial charge in [-0.15, -0.1) is 0 Å². The molecule has 17 nitrogen and oxygen atoms in total. The van der Waals surface area contributed by atoms with Crippen LogP contribution in [0, 0.1) is 0 Å². The maximum Gasteiger partial charge on any atom is 0.187 e. The first-order valence-corrected chi connectivity index (χ1v) is 10.8. The molecule has 14 unspecified atom stereocenters. The normalized spacial score (nSPS) is 51.0. The van der Waals surface area contributed by atoms with Crippen LogP contribution in [0.15, 0.2) is 5.11 Å². The molecule has 0 aromatic heterocycles. The highest BCUT2D eigenvalue weighted by Gasteiger charge is 2.53. The van der Waals surface area contributed by atoms with Crippen molar-refractivity contribution in [1.29, 1.82) is 0 Å². The number of azide groups is 1. The molecule has 35 heavy (non-hydrogen) atoms. The fourth-order valence-electron chi connectivity index (χ4n) is 4.23. The SMILES string of the molecule is CC1OC(OC2C(CO)OC(OC3C(CO)OC(O)C(O)[C@H]3O)C(O)C2O)C(O)C(O)C1N=[N+]=[N-]. The Morgan fingerprint density at radius 2 is 1.20 bits per heavy atom. The molecule has 0 saturated carbocycles. The van der Waals surface area contributed by atoms with E-state index in [4.69, 9.17) is 29.2 Å². The van der Waals surface area contributed by atoms with E-state index in [9.17, 15) is 46.0 Å². The predicted octanol–water partition coefficient (Wildman–Crippen LogP) is -5.23. The number of hydrogen-bond donors (Lipinski definition) is 9. The topological polar surface area (TPSA) is 277 Å². The summed E-state index contributed by atoms with van der Waals surface area (Å²) in [5, 5.41) is 94.1. The van der Waals surface area contributed by atoms with E-state index in [1.54, 1.807) is 0 Å². The Hall–Kier alpha value is -1.25. The van der Waals surface area contributed by atoms with Crippen molar-refractivity contribution in [2.45, 2.75) is 99.0 Å². The Morgan fingerprint density at radius 1 is 0.714 bits per heavy atom. The molecule has 0 amide bonds. The molecule has 9 N–H and O–H groups in total. The number of hydrogen-bond acceptors (Lipinski definition) is 15. The highest BCUT2D eigenvalue weighted by Crippen LogP contribution is 2.32. The van der Waals surface area contributed by atoms with E-state index < -0.39 is 105 Å². The van der Waals surface area contributed by atoms with Crippen LogP contribution in [0.2, 0.25) is 0 Å². The third-order valence-corrected chi connectivity index (χ3v) is 6.24. The zero-order chi connectivity index (χ0) is 26.0. The van der Waals surface area contributed by atoms with Gasteiger partial charge in [0.2, 0.25) is 0 Å². The average Bonchev–Trinajstić information content (AvgIpc) is 2.84. The summed E-state index contributed by atoms with van der Waals surface area (Å²) in [4.78, 5) is 2.59. The van der Waals surface area contributed by atoms with E-state index in [-0.39, 0.29) is 0 Å². The van der Waals surface area contributed by atoms with Gasteiger partial charge >= 0.3 is 0 Å². The summed E-state index contributed by atoms with van der Waals surface area (Å²) in [7, 11) is 0. The smallest absolute Gasteiger partial charge is 0.187 e. The van der Waals surface area contributed by atoms with Gasteiger partial charge < -0.3 is 69.6 Å². The summed E-state index contributed by atoms with van der Waals surface area (Å²) in [6.45, 7) is -0.0906. The van der Waals surface area contributed by atoms with Gasteiger partial charge in [-0.05, 0) is 12.5 Å². The third kappa shape index (κ3) is 5.69. The Kier molecular flexibility index (Phi) is 9.60. The molecular weight excluding hydrogens is 482 g/mol. The molecule has 3 aliphatic heterocycles. The first-order chi connectivity index (χ1) is 16.5. The Bertz CT molecular complexity index is 741. The summed E-state index contributed by atoms with van der Waals surface area (Å²) in [6.07, 6.45) is -22.4. The second-order valence-electron chi connectivity index (χ2n) is 8.52. The summed E-state index contributed by atoms with van der Waals surface area (Å²) >= 11 is 0. The maximum atomic E-state index is 10.7. The van der Waals surface area contributed by atoms with Gasteiger partial charge in [-0.3, -0.25) is 0 Å². The van der Waals surface area contributed by atoms with Crippen LogP contribution in [0.25, 0.3) is 10.4 Å². The van der Waals surface area contributed by atoms with Gasteiger partial charge in [-0.25, -0.2) is 0 Å². The van der Waals surface area contributed by atoms with Gasteiger partial charge in [-0.2, -0.15) is 0 Å². The molecule has 0 radical (unpaired) electrons. The van der Waals surface area contributed by atoms with E-state index in [0.717, 1.165) is 0 Å². The summed E-state index contributed by atoms with van der Waals surface area (Å²) in [5.74, 6) is 0. The molecule has 202 valence electrons. The fourth-order valence-corrected chi connectivity index (χ4v) is 4.23. The number of nitrogens with zero attached hydrogens (tertiary/aromatic N) is 3. The van der Waals surface area contributed by atoms with Crippen molar-refractivity contribution in [2.75, 3.05) is 13.2 Å². The summed E-state index contributed by atoms with van der Waals surface area (Å²) in [6, 6.07) is -1.13. The molecule has 3 saturated heterocycles. The molecular formula is C18H31N3O14. The quantitative estimate of drug-likeness (QED) is 0.0874. The van der Waals surface area contributed by atoms with Gasteiger partial charge in [0.15, 0.2) is 18.9 Å². The van der Waals surface area contributed by atoms with Crippen LogP contribution in [-0.4, -0.2) is 151 Å². The van der Waals surface area contributed by atoms with Crippen molar-refractivity contribution in [3.63, 3.8) is 0 Å². The minimum Gasteiger partial charge on any atom is -0.394 e. The van der Waals surface area contributed by atoms with Crippen LogP contribution in [0.3, 0.4) is 0 Å². The van der Waals surface area contributed by atoms with Crippen molar-refractivity contribution in [3.8, 4) is 0 Å². The van der Waals surface area contributed by atoms with Gasteiger partial charge in [0.25, 0.3) is 0 Å². The molecule has 0 spiro atoms. The first-order valence-electron chi connectivity index (χ1n) is 10.8. The molecule has 15 atom stereocenters. The molecule has 3 heterocycles. The molecule has 0 aromatic carbocycles. The van der Waals surface area contributed by atoms with Gasteiger partial charge in [-0.1, -0.05) is 5.11 Å². The summed E-state index contributed by atoms with van der Waals surface area (Å²) < 4.78 is 26.8.